The number of rotatable bonds is 2. The van der Waals surface area contributed by atoms with E-state index in [0.717, 1.165) is 29.8 Å². The third kappa shape index (κ3) is 1.32. The molecule has 0 amide bonds. The van der Waals surface area contributed by atoms with Crippen molar-refractivity contribution >= 4 is 0 Å². The summed E-state index contributed by atoms with van der Waals surface area (Å²) in [6, 6.07) is 1.81. The van der Waals surface area contributed by atoms with E-state index in [-0.39, 0.29) is 0 Å². The lowest BCUT2D eigenvalue weighted by Crippen LogP contribution is -2.34. The molecule has 3 aliphatic rings. The van der Waals surface area contributed by atoms with Gasteiger partial charge in [-0.1, -0.05) is 19.8 Å². The second-order valence-corrected chi connectivity index (χ2v) is 5.47. The van der Waals surface area contributed by atoms with Gasteiger partial charge in [0, 0.05) is 12.1 Å². The zero-order valence-corrected chi connectivity index (χ0v) is 8.63. The van der Waals surface area contributed by atoms with Crippen molar-refractivity contribution in [3.8, 4) is 0 Å². The highest BCUT2D eigenvalue weighted by atomic mass is 15.0. The van der Waals surface area contributed by atoms with Crippen LogP contribution in [0.4, 0.5) is 0 Å². The molecule has 0 heterocycles. The predicted octanol–water partition coefficient (Wildman–Crippen LogP) is 2.56. The van der Waals surface area contributed by atoms with Crippen LogP contribution in [0.3, 0.4) is 0 Å². The summed E-state index contributed by atoms with van der Waals surface area (Å²) >= 11 is 0. The van der Waals surface area contributed by atoms with Gasteiger partial charge in [-0.3, -0.25) is 0 Å². The average Bonchev–Trinajstić information content (AvgIpc) is 2.57. The zero-order chi connectivity index (χ0) is 8.84. The van der Waals surface area contributed by atoms with Gasteiger partial charge in [-0.25, -0.2) is 0 Å². The van der Waals surface area contributed by atoms with Gasteiger partial charge in [-0.2, -0.15) is 0 Å². The molecule has 1 N–H and O–H groups in total. The number of hydrogen-bond donors (Lipinski definition) is 1. The van der Waals surface area contributed by atoms with Crippen molar-refractivity contribution in [2.75, 3.05) is 0 Å². The van der Waals surface area contributed by atoms with E-state index >= 15 is 0 Å². The molecule has 1 heteroatoms. The molecule has 1 nitrogen and oxygen atoms in total. The second kappa shape index (κ2) is 2.98. The van der Waals surface area contributed by atoms with E-state index in [4.69, 9.17) is 0 Å². The van der Waals surface area contributed by atoms with Crippen LogP contribution in [0.5, 0.6) is 0 Å². The van der Waals surface area contributed by atoms with Crippen molar-refractivity contribution in [3.05, 3.63) is 0 Å². The van der Waals surface area contributed by atoms with Crippen molar-refractivity contribution in [3.63, 3.8) is 0 Å². The first kappa shape index (κ1) is 8.28. The summed E-state index contributed by atoms with van der Waals surface area (Å²) in [4.78, 5) is 0. The van der Waals surface area contributed by atoms with Gasteiger partial charge >= 0.3 is 0 Å². The summed E-state index contributed by atoms with van der Waals surface area (Å²) in [6.07, 6.45) is 8.90. The predicted molar refractivity (Wildman–Crippen MR) is 54.6 cm³/mol. The molecule has 0 aromatic rings. The lowest BCUT2D eigenvalue weighted by atomic mass is 10.1. The van der Waals surface area contributed by atoms with Crippen LogP contribution in [0, 0.1) is 17.8 Å². The fourth-order valence-electron chi connectivity index (χ4n) is 3.71. The third-order valence-corrected chi connectivity index (χ3v) is 4.67. The minimum Gasteiger partial charge on any atom is -0.310 e. The van der Waals surface area contributed by atoms with Crippen molar-refractivity contribution in [1.29, 1.82) is 0 Å². The minimum absolute atomic E-state index is 0.871. The Morgan fingerprint density at radius 2 is 1.62 bits per heavy atom. The molecule has 3 saturated carbocycles. The molecule has 4 atom stereocenters. The van der Waals surface area contributed by atoms with Gasteiger partial charge < -0.3 is 5.32 Å². The van der Waals surface area contributed by atoms with E-state index in [1.165, 1.54) is 38.5 Å². The molecule has 3 fully saturated rings. The van der Waals surface area contributed by atoms with Gasteiger partial charge in [-0.15, -0.1) is 0 Å². The molecule has 0 aromatic heterocycles. The smallest absolute Gasteiger partial charge is 0.0133 e. The molecular formula is C12H21N. The van der Waals surface area contributed by atoms with Crippen molar-refractivity contribution in [2.24, 2.45) is 17.8 Å². The van der Waals surface area contributed by atoms with E-state index in [2.05, 4.69) is 12.2 Å². The fraction of sp³-hybridized carbons (Fsp3) is 1.00. The van der Waals surface area contributed by atoms with Crippen molar-refractivity contribution in [1.82, 2.24) is 5.32 Å². The van der Waals surface area contributed by atoms with Gasteiger partial charge in [0.25, 0.3) is 0 Å². The van der Waals surface area contributed by atoms with Crippen LogP contribution in [0.15, 0.2) is 0 Å². The Balaban J connectivity index is 1.53. The Bertz CT molecular complexity index is 191. The molecular weight excluding hydrogens is 158 g/mol. The topological polar surface area (TPSA) is 12.0 Å². The molecule has 0 aromatic carbocycles. The Labute approximate surface area is 81.3 Å². The van der Waals surface area contributed by atoms with E-state index in [1.807, 2.05) is 0 Å². The monoisotopic (exact) mass is 179 g/mol. The van der Waals surface area contributed by atoms with Crippen LogP contribution in [0.2, 0.25) is 0 Å². The normalized spacial score (nSPS) is 53.8. The van der Waals surface area contributed by atoms with Crippen molar-refractivity contribution < 1.29 is 0 Å². The van der Waals surface area contributed by atoms with E-state index < -0.39 is 0 Å². The lowest BCUT2D eigenvalue weighted by molar-refractivity contribution is 0.398. The maximum atomic E-state index is 3.90. The summed E-state index contributed by atoms with van der Waals surface area (Å²) in [6.45, 7) is 2.42. The van der Waals surface area contributed by atoms with E-state index in [1.54, 1.807) is 0 Å². The molecule has 0 aliphatic heterocycles. The van der Waals surface area contributed by atoms with Crippen molar-refractivity contribution in [2.45, 2.75) is 57.5 Å². The fourth-order valence-corrected chi connectivity index (χ4v) is 3.71. The quantitative estimate of drug-likeness (QED) is 0.687. The SMILES string of the molecule is CC1CCCC1NC1C2CCCC21. The highest BCUT2D eigenvalue weighted by molar-refractivity contribution is 5.08. The summed E-state index contributed by atoms with van der Waals surface area (Å²) in [5.41, 5.74) is 0. The summed E-state index contributed by atoms with van der Waals surface area (Å²) < 4.78 is 0. The third-order valence-electron chi connectivity index (χ3n) is 4.67. The molecule has 4 unspecified atom stereocenters. The van der Waals surface area contributed by atoms with Crippen LogP contribution in [-0.2, 0) is 0 Å². The average molecular weight is 179 g/mol. The lowest BCUT2D eigenvalue weighted by Gasteiger charge is -2.18. The first-order valence-corrected chi connectivity index (χ1v) is 6.12. The van der Waals surface area contributed by atoms with Gasteiger partial charge in [-0.05, 0) is 43.4 Å². The Morgan fingerprint density at radius 3 is 2.23 bits per heavy atom. The van der Waals surface area contributed by atoms with Crippen LogP contribution in [0.1, 0.15) is 45.4 Å². The van der Waals surface area contributed by atoms with Gasteiger partial charge in [0.1, 0.15) is 0 Å². The second-order valence-electron chi connectivity index (χ2n) is 5.47. The molecule has 0 saturated heterocycles. The Morgan fingerprint density at radius 1 is 0.923 bits per heavy atom. The molecule has 13 heavy (non-hydrogen) atoms. The highest BCUT2D eigenvalue weighted by Crippen LogP contribution is 2.52. The Kier molecular flexibility index (Phi) is 1.90. The van der Waals surface area contributed by atoms with Gasteiger partial charge in [0.05, 0.1) is 0 Å². The summed E-state index contributed by atoms with van der Waals surface area (Å²) in [5, 5.41) is 3.90. The number of nitrogens with one attached hydrogen (secondary N) is 1. The molecule has 0 bridgehead atoms. The van der Waals surface area contributed by atoms with Crippen LogP contribution in [-0.4, -0.2) is 12.1 Å². The van der Waals surface area contributed by atoms with Gasteiger partial charge in [0.15, 0.2) is 0 Å². The zero-order valence-electron chi connectivity index (χ0n) is 8.63. The summed E-state index contributed by atoms with van der Waals surface area (Å²) in [5.74, 6) is 3.13. The maximum absolute atomic E-state index is 3.90. The van der Waals surface area contributed by atoms with E-state index in [9.17, 15) is 0 Å². The number of fused-ring (bicyclic) bond motifs is 1. The van der Waals surface area contributed by atoms with E-state index in [0.29, 0.717) is 0 Å². The summed E-state index contributed by atoms with van der Waals surface area (Å²) in [7, 11) is 0. The molecule has 3 rings (SSSR count). The highest BCUT2D eigenvalue weighted by Gasteiger charge is 2.53. The maximum Gasteiger partial charge on any atom is 0.0133 e. The van der Waals surface area contributed by atoms with Crippen LogP contribution >= 0.6 is 0 Å². The number of hydrogen-bond acceptors (Lipinski definition) is 1. The minimum atomic E-state index is 0.871. The largest absolute Gasteiger partial charge is 0.310 e. The Hall–Kier alpha value is -0.0400. The van der Waals surface area contributed by atoms with Gasteiger partial charge in [0.2, 0.25) is 0 Å². The molecule has 74 valence electrons. The molecule has 3 aliphatic carbocycles. The first-order chi connectivity index (χ1) is 6.36. The molecule has 0 spiro atoms. The van der Waals surface area contributed by atoms with Crippen LogP contribution < -0.4 is 5.32 Å². The standard InChI is InChI=1S/C12H21N/c1-8-4-2-7-11(8)13-12-9-5-3-6-10(9)12/h8-13H,2-7H2,1H3. The molecule has 0 radical (unpaired) electrons. The van der Waals surface area contributed by atoms with Crippen LogP contribution in [0.25, 0.3) is 0 Å². The first-order valence-electron chi connectivity index (χ1n) is 6.12.